The summed E-state index contributed by atoms with van der Waals surface area (Å²) in [6.07, 6.45) is 1.43. The summed E-state index contributed by atoms with van der Waals surface area (Å²) in [4.78, 5) is 22.6. The van der Waals surface area contributed by atoms with Crippen LogP contribution in [0.1, 0.15) is 25.7 Å². The van der Waals surface area contributed by atoms with Gasteiger partial charge in [0.25, 0.3) is 5.91 Å². The van der Waals surface area contributed by atoms with E-state index in [0.717, 1.165) is 11.3 Å². The summed E-state index contributed by atoms with van der Waals surface area (Å²) in [7, 11) is 0. The highest BCUT2D eigenvalue weighted by Gasteiger charge is 2.13. The Balaban J connectivity index is 2.13. The molecule has 0 aliphatic rings. The van der Waals surface area contributed by atoms with E-state index >= 15 is 0 Å². The predicted molar refractivity (Wildman–Crippen MR) is 62.6 cm³/mol. The van der Waals surface area contributed by atoms with Gasteiger partial charge in [0.15, 0.2) is 0 Å². The van der Waals surface area contributed by atoms with E-state index in [1.165, 1.54) is 12.3 Å². The normalized spacial score (nSPS) is 10.2. The van der Waals surface area contributed by atoms with Crippen molar-refractivity contribution in [1.29, 1.82) is 0 Å². The Morgan fingerprint density at radius 1 is 1.47 bits per heavy atom. The van der Waals surface area contributed by atoms with Gasteiger partial charge in [-0.3, -0.25) is 9.89 Å². The van der Waals surface area contributed by atoms with Crippen LogP contribution in [0.25, 0.3) is 0 Å². The minimum atomic E-state index is -1.00. The van der Waals surface area contributed by atoms with Crippen LogP contribution < -0.4 is 5.32 Å². The average molecular weight is 251 g/mol. The summed E-state index contributed by atoms with van der Waals surface area (Å²) in [6.45, 7) is 1.74. The summed E-state index contributed by atoms with van der Waals surface area (Å²) < 4.78 is 0. The predicted octanol–water partition coefficient (Wildman–Crippen LogP) is 1.73. The molecule has 0 atom stereocenters. The maximum absolute atomic E-state index is 11.8. The van der Waals surface area contributed by atoms with Crippen LogP contribution in [-0.4, -0.2) is 27.2 Å². The molecule has 88 valence electrons. The smallest absolute Gasteiger partial charge is 0.345 e. The third-order valence-electron chi connectivity index (χ3n) is 2.13. The summed E-state index contributed by atoms with van der Waals surface area (Å²) >= 11 is 1.01. The second-order valence-corrected chi connectivity index (χ2v) is 4.42. The van der Waals surface area contributed by atoms with Crippen molar-refractivity contribution in [3.63, 3.8) is 0 Å². The topological polar surface area (TPSA) is 95.1 Å². The summed E-state index contributed by atoms with van der Waals surface area (Å²) in [6, 6.07) is 3.01. The van der Waals surface area contributed by atoms with E-state index in [1.807, 2.05) is 0 Å². The maximum Gasteiger partial charge on any atom is 0.345 e. The Morgan fingerprint density at radius 3 is 2.76 bits per heavy atom. The molecule has 2 heterocycles. The molecule has 0 spiro atoms. The largest absolute Gasteiger partial charge is 0.477 e. The second-order valence-electron chi connectivity index (χ2n) is 3.33. The van der Waals surface area contributed by atoms with Crippen molar-refractivity contribution < 1.29 is 14.7 Å². The van der Waals surface area contributed by atoms with Gasteiger partial charge in [-0.2, -0.15) is 5.10 Å². The van der Waals surface area contributed by atoms with Crippen LogP contribution in [0.15, 0.2) is 18.3 Å². The van der Waals surface area contributed by atoms with E-state index in [-0.39, 0.29) is 10.8 Å². The molecule has 1 amide bonds. The quantitative estimate of drug-likeness (QED) is 0.774. The number of carboxylic acid groups (broad SMARTS) is 1. The lowest BCUT2D eigenvalue weighted by Gasteiger charge is -2.00. The molecule has 2 aromatic heterocycles. The zero-order valence-corrected chi connectivity index (χ0v) is 9.67. The molecule has 0 fully saturated rings. The monoisotopic (exact) mass is 251 g/mol. The molecule has 0 bridgehead atoms. The minimum Gasteiger partial charge on any atom is -0.477 e. The van der Waals surface area contributed by atoms with Gasteiger partial charge in [0.05, 0.1) is 16.8 Å². The number of hydrogen-bond donors (Lipinski definition) is 3. The van der Waals surface area contributed by atoms with Crippen LogP contribution in [0, 0.1) is 6.92 Å². The van der Waals surface area contributed by atoms with Gasteiger partial charge in [-0.1, -0.05) is 0 Å². The number of aryl methyl sites for hydroxylation is 1. The lowest BCUT2D eigenvalue weighted by molar-refractivity contribution is 0.0702. The van der Waals surface area contributed by atoms with Crippen molar-refractivity contribution in [1.82, 2.24) is 10.2 Å². The number of aromatic nitrogens is 2. The van der Waals surface area contributed by atoms with Crippen LogP contribution in [0.5, 0.6) is 0 Å². The fraction of sp³-hybridized carbons (Fsp3) is 0.100. The first kappa shape index (κ1) is 11.3. The van der Waals surface area contributed by atoms with Crippen LogP contribution in [0.2, 0.25) is 0 Å². The standard InChI is InChI=1S/C10H9N3O3S/c1-5-6(4-11-13-5)9(14)12-8-3-2-7(17-8)10(15)16/h2-4H,1H3,(H,11,13)(H,12,14)(H,15,16). The third-order valence-corrected chi connectivity index (χ3v) is 3.12. The van der Waals surface area contributed by atoms with E-state index in [1.54, 1.807) is 13.0 Å². The van der Waals surface area contributed by atoms with Gasteiger partial charge >= 0.3 is 5.97 Å². The van der Waals surface area contributed by atoms with Gasteiger partial charge in [0.1, 0.15) is 4.88 Å². The van der Waals surface area contributed by atoms with Gasteiger partial charge in [-0.05, 0) is 19.1 Å². The SMILES string of the molecule is Cc1[nH]ncc1C(=O)Nc1ccc(C(=O)O)s1. The number of carbonyl (C=O) groups excluding carboxylic acids is 1. The van der Waals surface area contributed by atoms with Crippen molar-refractivity contribution in [2.45, 2.75) is 6.92 Å². The van der Waals surface area contributed by atoms with Gasteiger partial charge in [-0.25, -0.2) is 4.79 Å². The lowest BCUT2D eigenvalue weighted by Crippen LogP contribution is -2.11. The van der Waals surface area contributed by atoms with E-state index in [0.29, 0.717) is 16.3 Å². The number of thiophene rings is 1. The molecular weight excluding hydrogens is 242 g/mol. The first-order valence-electron chi connectivity index (χ1n) is 4.72. The number of carboxylic acids is 1. The molecule has 0 saturated carbocycles. The first-order valence-corrected chi connectivity index (χ1v) is 5.54. The number of anilines is 1. The highest BCUT2D eigenvalue weighted by molar-refractivity contribution is 7.18. The average Bonchev–Trinajstić information content (AvgIpc) is 2.86. The Bertz CT molecular complexity index is 573. The highest BCUT2D eigenvalue weighted by Crippen LogP contribution is 2.22. The zero-order chi connectivity index (χ0) is 12.4. The van der Waals surface area contributed by atoms with E-state index in [4.69, 9.17) is 5.11 Å². The molecule has 2 aromatic rings. The fourth-order valence-electron chi connectivity index (χ4n) is 1.28. The summed E-state index contributed by atoms with van der Waals surface area (Å²) in [5, 5.41) is 18.3. The Kier molecular flexibility index (Phi) is 2.92. The molecule has 6 nitrogen and oxygen atoms in total. The second kappa shape index (κ2) is 4.38. The van der Waals surface area contributed by atoms with Gasteiger partial charge in [0, 0.05) is 5.69 Å². The Labute approximate surface area is 100 Å². The molecule has 7 heteroatoms. The third kappa shape index (κ3) is 2.34. The van der Waals surface area contributed by atoms with Crippen molar-refractivity contribution in [3.05, 3.63) is 34.5 Å². The molecule has 0 saturated heterocycles. The molecule has 0 radical (unpaired) electrons. The van der Waals surface area contributed by atoms with Crippen LogP contribution in [0.3, 0.4) is 0 Å². The van der Waals surface area contributed by atoms with Gasteiger partial charge in [-0.15, -0.1) is 11.3 Å². The maximum atomic E-state index is 11.8. The van der Waals surface area contributed by atoms with Crippen molar-refractivity contribution in [2.75, 3.05) is 5.32 Å². The molecule has 0 aliphatic carbocycles. The first-order chi connectivity index (χ1) is 8.08. The Hall–Kier alpha value is -2.15. The molecule has 17 heavy (non-hydrogen) atoms. The molecule has 2 rings (SSSR count). The van der Waals surface area contributed by atoms with Crippen LogP contribution in [-0.2, 0) is 0 Å². The number of nitrogens with one attached hydrogen (secondary N) is 2. The van der Waals surface area contributed by atoms with Gasteiger partial charge < -0.3 is 10.4 Å². The molecular formula is C10H9N3O3S. The lowest BCUT2D eigenvalue weighted by atomic mass is 10.2. The van der Waals surface area contributed by atoms with Crippen molar-refractivity contribution in [3.8, 4) is 0 Å². The fourth-order valence-corrected chi connectivity index (χ4v) is 2.02. The van der Waals surface area contributed by atoms with E-state index in [9.17, 15) is 9.59 Å². The number of nitrogens with zero attached hydrogens (tertiary/aromatic N) is 1. The molecule has 0 unspecified atom stereocenters. The zero-order valence-electron chi connectivity index (χ0n) is 8.85. The number of carbonyl (C=O) groups is 2. The minimum absolute atomic E-state index is 0.184. The number of H-pyrrole nitrogens is 1. The molecule has 3 N–H and O–H groups in total. The highest BCUT2D eigenvalue weighted by atomic mass is 32.1. The Morgan fingerprint density at radius 2 is 2.24 bits per heavy atom. The van der Waals surface area contributed by atoms with Crippen molar-refractivity contribution >= 4 is 28.2 Å². The van der Waals surface area contributed by atoms with Crippen LogP contribution >= 0.6 is 11.3 Å². The number of rotatable bonds is 3. The number of hydrogen-bond acceptors (Lipinski definition) is 4. The summed E-state index contributed by atoms with van der Waals surface area (Å²) in [5.41, 5.74) is 1.10. The molecule has 0 aromatic carbocycles. The van der Waals surface area contributed by atoms with Crippen LogP contribution in [0.4, 0.5) is 5.00 Å². The summed E-state index contributed by atoms with van der Waals surface area (Å²) in [5.74, 6) is -1.31. The van der Waals surface area contributed by atoms with Crippen molar-refractivity contribution in [2.24, 2.45) is 0 Å². The number of aromatic carboxylic acids is 1. The molecule has 0 aliphatic heterocycles. The van der Waals surface area contributed by atoms with E-state index in [2.05, 4.69) is 15.5 Å². The number of aromatic amines is 1. The van der Waals surface area contributed by atoms with E-state index < -0.39 is 5.97 Å². The van der Waals surface area contributed by atoms with Gasteiger partial charge in [0.2, 0.25) is 0 Å². The number of amides is 1.